The maximum absolute atomic E-state index is 12.2. The van der Waals surface area contributed by atoms with Gasteiger partial charge in [0.25, 0.3) is 5.91 Å². The Morgan fingerprint density at radius 1 is 1.32 bits per heavy atom. The zero-order valence-corrected chi connectivity index (χ0v) is 15.3. The maximum Gasteiger partial charge on any atom is 0.338 e. The first kappa shape index (κ1) is 19.4. The molecule has 0 N–H and O–H groups in total. The number of ether oxygens (including phenoxy) is 1. The summed E-state index contributed by atoms with van der Waals surface area (Å²) < 4.78 is 30.2. The van der Waals surface area contributed by atoms with Crippen molar-refractivity contribution in [3.8, 4) is 0 Å². The first-order chi connectivity index (χ1) is 11.6. The second-order valence-corrected chi connectivity index (χ2v) is 8.08. The fraction of sp³-hybridized carbons (Fsp3) is 0.400. The Kier molecular flexibility index (Phi) is 5.81. The molecule has 0 aliphatic carbocycles. The fourth-order valence-electron chi connectivity index (χ4n) is 2.23. The molecular formula is C15H17ClN2O6S. The van der Waals surface area contributed by atoms with Crippen LogP contribution in [0, 0.1) is 0 Å². The van der Waals surface area contributed by atoms with Crippen molar-refractivity contribution in [1.29, 1.82) is 0 Å². The molecule has 0 unspecified atom stereocenters. The van der Waals surface area contributed by atoms with E-state index in [0.29, 0.717) is 19.4 Å². The molecule has 1 aromatic rings. The minimum atomic E-state index is -3.84. The van der Waals surface area contributed by atoms with E-state index in [1.807, 2.05) is 0 Å². The number of rotatable bonds is 5. The third kappa shape index (κ3) is 4.17. The molecule has 1 aromatic carbocycles. The Morgan fingerprint density at radius 2 is 2.00 bits per heavy atom. The van der Waals surface area contributed by atoms with Crippen LogP contribution in [-0.4, -0.2) is 62.7 Å². The molecule has 1 saturated heterocycles. The summed E-state index contributed by atoms with van der Waals surface area (Å²) in [6, 6.07) is 3.65. The number of carbonyl (C=O) groups is 3. The summed E-state index contributed by atoms with van der Waals surface area (Å²) in [4.78, 5) is 36.2. The molecule has 136 valence electrons. The van der Waals surface area contributed by atoms with E-state index in [1.165, 1.54) is 26.2 Å². The number of hydrogen-bond donors (Lipinski definition) is 0. The molecule has 0 spiro atoms. The Hall–Kier alpha value is -1.97. The highest BCUT2D eigenvalue weighted by Crippen LogP contribution is 2.25. The summed E-state index contributed by atoms with van der Waals surface area (Å²) in [5, 5.41) is -0.0380. The number of hydrogen-bond acceptors (Lipinski definition) is 6. The Balaban J connectivity index is 2.12. The van der Waals surface area contributed by atoms with E-state index >= 15 is 0 Å². The summed E-state index contributed by atoms with van der Waals surface area (Å²) in [5.74, 6) is -1.79. The first-order valence-corrected chi connectivity index (χ1v) is 9.19. The van der Waals surface area contributed by atoms with E-state index in [-0.39, 0.29) is 21.4 Å². The van der Waals surface area contributed by atoms with Gasteiger partial charge < -0.3 is 4.74 Å². The molecule has 1 heterocycles. The van der Waals surface area contributed by atoms with E-state index in [4.69, 9.17) is 16.3 Å². The van der Waals surface area contributed by atoms with Gasteiger partial charge in [-0.3, -0.25) is 14.5 Å². The van der Waals surface area contributed by atoms with Crippen molar-refractivity contribution in [2.45, 2.75) is 17.7 Å². The van der Waals surface area contributed by atoms with Gasteiger partial charge in [-0.1, -0.05) is 11.6 Å². The number of benzene rings is 1. The maximum atomic E-state index is 12.2. The minimum absolute atomic E-state index is 0.0380. The molecule has 0 atom stereocenters. The van der Waals surface area contributed by atoms with E-state index in [9.17, 15) is 22.8 Å². The summed E-state index contributed by atoms with van der Waals surface area (Å²) in [7, 11) is -1.17. The lowest BCUT2D eigenvalue weighted by molar-refractivity contribution is -0.143. The van der Waals surface area contributed by atoms with Crippen LogP contribution < -0.4 is 0 Å². The van der Waals surface area contributed by atoms with E-state index in [0.717, 1.165) is 15.3 Å². The zero-order valence-electron chi connectivity index (χ0n) is 13.7. The normalized spacial score (nSPS) is 14.9. The topological polar surface area (TPSA) is 101 Å². The van der Waals surface area contributed by atoms with Gasteiger partial charge in [0.2, 0.25) is 15.9 Å². The van der Waals surface area contributed by atoms with Crippen LogP contribution >= 0.6 is 11.6 Å². The molecule has 0 saturated carbocycles. The van der Waals surface area contributed by atoms with Crippen molar-refractivity contribution < 1.29 is 27.5 Å². The highest BCUT2D eigenvalue weighted by molar-refractivity contribution is 7.89. The highest BCUT2D eigenvalue weighted by atomic mass is 35.5. The predicted molar refractivity (Wildman–Crippen MR) is 88.6 cm³/mol. The Morgan fingerprint density at radius 3 is 2.56 bits per heavy atom. The van der Waals surface area contributed by atoms with Crippen molar-refractivity contribution in [2.24, 2.45) is 0 Å². The van der Waals surface area contributed by atoms with Gasteiger partial charge in [0, 0.05) is 27.1 Å². The molecular weight excluding hydrogens is 372 g/mol. The molecule has 0 radical (unpaired) electrons. The van der Waals surface area contributed by atoms with Gasteiger partial charge in [0.05, 0.1) is 10.6 Å². The summed E-state index contributed by atoms with van der Waals surface area (Å²) in [6.45, 7) is -0.287. The molecule has 1 fully saturated rings. The first-order valence-electron chi connectivity index (χ1n) is 7.37. The van der Waals surface area contributed by atoms with Gasteiger partial charge in [0.15, 0.2) is 6.61 Å². The van der Waals surface area contributed by atoms with Crippen LogP contribution in [0.15, 0.2) is 23.1 Å². The summed E-state index contributed by atoms with van der Waals surface area (Å²) in [6.07, 6.45) is 0.879. The van der Waals surface area contributed by atoms with E-state index in [1.54, 1.807) is 0 Å². The molecule has 0 aromatic heterocycles. The number of halogens is 1. The molecule has 1 aliphatic heterocycles. The van der Waals surface area contributed by atoms with Crippen molar-refractivity contribution in [3.63, 3.8) is 0 Å². The zero-order chi connectivity index (χ0) is 18.8. The molecule has 0 bridgehead atoms. The smallest absolute Gasteiger partial charge is 0.338 e. The van der Waals surface area contributed by atoms with Crippen molar-refractivity contribution in [2.75, 3.05) is 27.2 Å². The lowest BCUT2D eigenvalue weighted by atomic mass is 10.2. The van der Waals surface area contributed by atoms with E-state index < -0.39 is 28.5 Å². The number of esters is 1. The monoisotopic (exact) mass is 388 g/mol. The van der Waals surface area contributed by atoms with Gasteiger partial charge in [-0.15, -0.1) is 0 Å². The number of sulfonamides is 1. The molecule has 25 heavy (non-hydrogen) atoms. The van der Waals surface area contributed by atoms with Gasteiger partial charge in [-0.05, 0) is 24.6 Å². The van der Waals surface area contributed by atoms with Crippen molar-refractivity contribution in [1.82, 2.24) is 9.21 Å². The van der Waals surface area contributed by atoms with Crippen LogP contribution in [0.1, 0.15) is 23.2 Å². The van der Waals surface area contributed by atoms with Gasteiger partial charge in [-0.2, -0.15) is 0 Å². The molecule has 2 amide bonds. The van der Waals surface area contributed by atoms with Crippen LogP contribution in [0.2, 0.25) is 5.02 Å². The SMILES string of the molecule is CN(C)S(=O)(=O)c1cc(C(=O)OCC(=O)N2CCCC2=O)ccc1Cl. The lowest BCUT2D eigenvalue weighted by Gasteiger charge is -2.15. The summed E-state index contributed by atoms with van der Waals surface area (Å²) >= 11 is 5.90. The predicted octanol–water partition coefficient (Wildman–Crippen LogP) is 0.896. The number of amides is 2. The minimum Gasteiger partial charge on any atom is -0.452 e. The van der Waals surface area contributed by atoms with Crippen LogP contribution in [0.25, 0.3) is 0 Å². The second-order valence-electron chi connectivity index (χ2n) is 5.55. The van der Waals surface area contributed by atoms with Crippen molar-refractivity contribution in [3.05, 3.63) is 28.8 Å². The lowest BCUT2D eigenvalue weighted by Crippen LogP contribution is -2.35. The van der Waals surface area contributed by atoms with E-state index in [2.05, 4.69) is 0 Å². The number of imide groups is 1. The average molecular weight is 389 g/mol. The standard InChI is InChI=1S/C15H17ClN2O6S/c1-17(2)25(22,23)12-8-10(5-6-11(12)16)15(21)24-9-14(20)18-7-3-4-13(18)19/h5-6,8H,3-4,7,9H2,1-2H3. The molecule has 10 heteroatoms. The Bertz CT molecular complexity index is 821. The number of likely N-dealkylation sites (tertiary alicyclic amines) is 1. The van der Waals surface area contributed by atoms with Crippen LogP contribution in [0.5, 0.6) is 0 Å². The number of carbonyl (C=O) groups excluding carboxylic acids is 3. The fourth-order valence-corrected chi connectivity index (χ4v) is 3.62. The quantitative estimate of drug-likeness (QED) is 0.694. The largest absolute Gasteiger partial charge is 0.452 e. The third-order valence-corrected chi connectivity index (χ3v) is 5.92. The van der Waals surface area contributed by atoms with Crippen LogP contribution in [0.3, 0.4) is 0 Å². The highest BCUT2D eigenvalue weighted by Gasteiger charge is 2.27. The van der Waals surface area contributed by atoms with Crippen LogP contribution in [-0.2, 0) is 24.3 Å². The molecule has 1 aliphatic rings. The number of nitrogens with zero attached hydrogens (tertiary/aromatic N) is 2. The van der Waals surface area contributed by atoms with Gasteiger partial charge in [0.1, 0.15) is 4.90 Å². The van der Waals surface area contributed by atoms with Crippen molar-refractivity contribution >= 4 is 39.4 Å². The molecule has 8 nitrogen and oxygen atoms in total. The third-order valence-electron chi connectivity index (χ3n) is 3.63. The van der Waals surface area contributed by atoms with Crippen LogP contribution in [0.4, 0.5) is 0 Å². The van der Waals surface area contributed by atoms with Gasteiger partial charge in [-0.25, -0.2) is 17.5 Å². The van der Waals surface area contributed by atoms with Gasteiger partial charge >= 0.3 is 5.97 Å². The molecule has 2 rings (SSSR count). The summed E-state index contributed by atoms with van der Waals surface area (Å²) in [5.41, 5.74) is -0.0645. The second kappa shape index (κ2) is 7.51. The Labute approximate surface area is 150 Å². The average Bonchev–Trinajstić information content (AvgIpc) is 2.98.